The summed E-state index contributed by atoms with van der Waals surface area (Å²) in [5.41, 5.74) is 4.57. The second-order valence-electron chi connectivity index (χ2n) is 7.55. The van der Waals surface area contributed by atoms with E-state index in [0.29, 0.717) is 28.3 Å². The van der Waals surface area contributed by atoms with Crippen LogP contribution in [0.2, 0.25) is 0 Å². The van der Waals surface area contributed by atoms with Crippen LogP contribution in [0, 0.1) is 13.8 Å². The zero-order chi connectivity index (χ0) is 22.8. The lowest BCUT2D eigenvalue weighted by molar-refractivity contribution is -0.120. The van der Waals surface area contributed by atoms with E-state index < -0.39 is 11.8 Å². The van der Waals surface area contributed by atoms with E-state index in [1.165, 1.54) is 4.90 Å². The molecule has 0 bridgehead atoms. The number of ether oxygens (including phenoxy) is 2. The van der Waals surface area contributed by atoms with Crippen molar-refractivity contribution in [1.82, 2.24) is 0 Å². The van der Waals surface area contributed by atoms with Gasteiger partial charge >= 0.3 is 0 Å². The van der Waals surface area contributed by atoms with Gasteiger partial charge in [-0.25, -0.2) is 4.90 Å². The summed E-state index contributed by atoms with van der Waals surface area (Å²) in [7, 11) is 3.12. The molecule has 1 heterocycles. The van der Waals surface area contributed by atoms with Crippen LogP contribution in [0.25, 0.3) is 5.57 Å². The number of nitrogens with one attached hydrogen (secondary N) is 1. The Labute approximate surface area is 187 Å². The van der Waals surface area contributed by atoms with Gasteiger partial charge in [-0.3, -0.25) is 9.59 Å². The molecular formula is C26H24N2O4. The predicted molar refractivity (Wildman–Crippen MR) is 125 cm³/mol. The highest BCUT2D eigenvalue weighted by Crippen LogP contribution is 2.35. The van der Waals surface area contributed by atoms with Crippen LogP contribution in [-0.4, -0.2) is 26.0 Å². The topological polar surface area (TPSA) is 67.9 Å². The number of hydrogen-bond donors (Lipinski definition) is 1. The Bertz CT molecular complexity index is 1230. The third-order valence-electron chi connectivity index (χ3n) is 5.55. The Morgan fingerprint density at radius 1 is 0.750 bits per heavy atom. The first kappa shape index (κ1) is 21.2. The average molecular weight is 428 g/mol. The number of amides is 2. The van der Waals surface area contributed by atoms with Gasteiger partial charge in [0.15, 0.2) is 0 Å². The van der Waals surface area contributed by atoms with Gasteiger partial charge in [0.05, 0.1) is 25.5 Å². The molecule has 6 nitrogen and oxygen atoms in total. The first-order valence-electron chi connectivity index (χ1n) is 10.2. The van der Waals surface area contributed by atoms with Crippen LogP contribution in [0.15, 0.2) is 72.4 Å². The van der Waals surface area contributed by atoms with E-state index in [4.69, 9.17) is 9.47 Å². The van der Waals surface area contributed by atoms with Crippen LogP contribution in [0.3, 0.4) is 0 Å². The number of anilines is 2. The number of benzene rings is 3. The van der Waals surface area contributed by atoms with Crippen LogP contribution in [0.5, 0.6) is 11.5 Å². The van der Waals surface area contributed by atoms with Crippen LogP contribution >= 0.6 is 0 Å². The molecule has 3 aromatic rings. The molecule has 1 N–H and O–H groups in total. The van der Waals surface area contributed by atoms with Gasteiger partial charge in [0, 0.05) is 11.8 Å². The molecule has 0 atom stereocenters. The highest BCUT2D eigenvalue weighted by molar-refractivity contribution is 6.46. The van der Waals surface area contributed by atoms with E-state index in [9.17, 15) is 9.59 Å². The van der Waals surface area contributed by atoms with Crippen LogP contribution < -0.4 is 19.7 Å². The zero-order valence-electron chi connectivity index (χ0n) is 18.4. The van der Waals surface area contributed by atoms with Crippen molar-refractivity contribution in [2.75, 3.05) is 24.4 Å². The maximum Gasteiger partial charge on any atom is 0.282 e. The van der Waals surface area contributed by atoms with Crippen molar-refractivity contribution in [3.63, 3.8) is 0 Å². The molecule has 0 saturated heterocycles. The molecule has 162 valence electrons. The lowest BCUT2D eigenvalue weighted by atomic mass is 10.0. The molecule has 0 spiro atoms. The summed E-state index contributed by atoms with van der Waals surface area (Å²) >= 11 is 0. The summed E-state index contributed by atoms with van der Waals surface area (Å²) in [5, 5.41) is 3.20. The normalized spacial score (nSPS) is 13.6. The minimum atomic E-state index is -0.424. The molecule has 0 aliphatic carbocycles. The summed E-state index contributed by atoms with van der Waals surface area (Å²) in [6.07, 6.45) is 0. The Balaban J connectivity index is 1.81. The van der Waals surface area contributed by atoms with Crippen molar-refractivity contribution < 1.29 is 19.1 Å². The molecule has 3 aromatic carbocycles. The van der Waals surface area contributed by atoms with Gasteiger partial charge < -0.3 is 14.8 Å². The molecular weight excluding hydrogens is 404 g/mol. The number of imide groups is 1. The lowest BCUT2D eigenvalue weighted by Crippen LogP contribution is -2.32. The Morgan fingerprint density at radius 3 is 2.12 bits per heavy atom. The highest BCUT2D eigenvalue weighted by atomic mass is 16.5. The van der Waals surface area contributed by atoms with E-state index in [-0.39, 0.29) is 5.70 Å². The quantitative estimate of drug-likeness (QED) is 0.576. The molecule has 0 radical (unpaired) electrons. The van der Waals surface area contributed by atoms with E-state index in [0.717, 1.165) is 16.8 Å². The summed E-state index contributed by atoms with van der Waals surface area (Å²) in [6.45, 7) is 4.03. The summed E-state index contributed by atoms with van der Waals surface area (Å²) < 4.78 is 10.5. The van der Waals surface area contributed by atoms with Gasteiger partial charge in [-0.05, 0) is 66.9 Å². The van der Waals surface area contributed by atoms with Crippen molar-refractivity contribution in [3.8, 4) is 11.5 Å². The fraction of sp³-hybridized carbons (Fsp3) is 0.154. The average Bonchev–Trinajstić information content (AvgIpc) is 3.05. The van der Waals surface area contributed by atoms with E-state index >= 15 is 0 Å². The Hall–Kier alpha value is -4.06. The molecule has 0 unspecified atom stereocenters. The van der Waals surface area contributed by atoms with Gasteiger partial charge in [0.1, 0.15) is 17.2 Å². The van der Waals surface area contributed by atoms with Crippen molar-refractivity contribution >= 4 is 28.8 Å². The van der Waals surface area contributed by atoms with Crippen molar-refractivity contribution in [2.24, 2.45) is 0 Å². The molecule has 6 heteroatoms. The Kier molecular flexibility index (Phi) is 5.69. The third kappa shape index (κ3) is 3.83. The first-order chi connectivity index (χ1) is 15.4. The van der Waals surface area contributed by atoms with E-state index in [2.05, 4.69) is 5.32 Å². The number of aryl methyl sites for hydroxylation is 2. The van der Waals surface area contributed by atoms with Crippen molar-refractivity contribution in [1.29, 1.82) is 0 Å². The fourth-order valence-corrected chi connectivity index (χ4v) is 3.62. The molecule has 2 amide bonds. The number of hydrogen-bond acceptors (Lipinski definition) is 5. The largest absolute Gasteiger partial charge is 0.497 e. The molecule has 0 saturated carbocycles. The molecule has 32 heavy (non-hydrogen) atoms. The number of nitrogens with zero attached hydrogens (tertiary/aromatic N) is 1. The van der Waals surface area contributed by atoms with Gasteiger partial charge in [0.2, 0.25) is 0 Å². The second kappa shape index (κ2) is 8.59. The Morgan fingerprint density at radius 2 is 1.47 bits per heavy atom. The van der Waals surface area contributed by atoms with Crippen molar-refractivity contribution in [3.05, 3.63) is 89.1 Å². The fourth-order valence-electron chi connectivity index (χ4n) is 3.62. The van der Waals surface area contributed by atoms with Gasteiger partial charge in [-0.1, -0.05) is 24.3 Å². The minimum absolute atomic E-state index is 0.228. The smallest absolute Gasteiger partial charge is 0.282 e. The van der Waals surface area contributed by atoms with Crippen LogP contribution in [0.4, 0.5) is 11.4 Å². The molecule has 0 aromatic heterocycles. The van der Waals surface area contributed by atoms with Crippen LogP contribution in [-0.2, 0) is 9.59 Å². The predicted octanol–water partition coefficient (Wildman–Crippen LogP) is 4.72. The molecule has 1 aliphatic rings. The summed E-state index contributed by atoms with van der Waals surface area (Å²) in [6, 6.07) is 19.8. The number of methoxy groups -OCH3 is 2. The monoisotopic (exact) mass is 428 g/mol. The molecule has 4 rings (SSSR count). The number of carbonyl (C=O) groups excluding carboxylic acids is 2. The standard InChI is InChI=1S/C26H24N2O4/c1-16-8-11-19(14-17(16)2)27-24-23(18-9-12-21(31-3)13-10-18)25(29)28(26(24)30)20-6-5-7-22(15-20)32-4/h5-15,27H,1-4H3. The SMILES string of the molecule is COc1ccc(C2=C(Nc3ccc(C)c(C)c3)C(=O)N(c3cccc(OC)c3)C2=O)cc1. The van der Waals surface area contributed by atoms with Gasteiger partial charge in [0.25, 0.3) is 11.8 Å². The first-order valence-corrected chi connectivity index (χ1v) is 10.2. The second-order valence-corrected chi connectivity index (χ2v) is 7.55. The van der Waals surface area contributed by atoms with Crippen LogP contribution in [0.1, 0.15) is 16.7 Å². The molecule has 1 aliphatic heterocycles. The highest BCUT2D eigenvalue weighted by Gasteiger charge is 2.40. The summed E-state index contributed by atoms with van der Waals surface area (Å²) in [4.78, 5) is 28.2. The third-order valence-corrected chi connectivity index (χ3v) is 5.55. The van der Waals surface area contributed by atoms with E-state index in [1.807, 2.05) is 32.0 Å². The van der Waals surface area contributed by atoms with Crippen molar-refractivity contribution in [2.45, 2.75) is 13.8 Å². The minimum Gasteiger partial charge on any atom is -0.497 e. The summed E-state index contributed by atoms with van der Waals surface area (Å²) in [5.74, 6) is 0.399. The zero-order valence-corrected chi connectivity index (χ0v) is 18.4. The van der Waals surface area contributed by atoms with Gasteiger partial charge in [-0.15, -0.1) is 0 Å². The number of rotatable bonds is 6. The maximum absolute atomic E-state index is 13.5. The maximum atomic E-state index is 13.5. The molecule has 0 fully saturated rings. The number of carbonyl (C=O) groups is 2. The van der Waals surface area contributed by atoms with E-state index in [1.54, 1.807) is 62.8 Å². The lowest BCUT2D eigenvalue weighted by Gasteiger charge is -2.16. The van der Waals surface area contributed by atoms with Gasteiger partial charge in [-0.2, -0.15) is 0 Å².